The van der Waals surface area contributed by atoms with Gasteiger partial charge in [-0.1, -0.05) is 11.8 Å². The fourth-order valence-corrected chi connectivity index (χ4v) is 3.72. The molecule has 0 aliphatic heterocycles. The Balaban J connectivity index is 1.71. The van der Waals surface area contributed by atoms with Gasteiger partial charge in [-0.15, -0.1) is 10.2 Å². The van der Waals surface area contributed by atoms with Crippen LogP contribution in [0.5, 0.6) is 17.2 Å². The standard InChI is InChI=1S/C22H26N4O4S/c1-5-29-18-11-12-20(30-6-2)19(13-18)23-21(27)14-31-22-25-24-15(3)26(22)16-7-9-17(28-4)10-8-16/h7-13H,5-6,14H2,1-4H3,(H,23,27). The van der Waals surface area contributed by atoms with Crippen molar-refractivity contribution in [2.75, 3.05) is 31.4 Å². The molecule has 0 saturated carbocycles. The maximum absolute atomic E-state index is 12.6. The number of carbonyl (C=O) groups is 1. The molecule has 0 aliphatic carbocycles. The van der Waals surface area contributed by atoms with Crippen LogP contribution in [0.15, 0.2) is 47.6 Å². The first-order valence-electron chi connectivity index (χ1n) is 9.94. The number of aryl methyl sites for hydroxylation is 1. The predicted octanol–water partition coefficient (Wildman–Crippen LogP) is 4.11. The maximum atomic E-state index is 12.6. The summed E-state index contributed by atoms with van der Waals surface area (Å²) in [5.74, 6) is 2.75. The summed E-state index contributed by atoms with van der Waals surface area (Å²) < 4.78 is 18.3. The normalized spacial score (nSPS) is 10.6. The van der Waals surface area contributed by atoms with E-state index in [1.807, 2.05) is 55.7 Å². The third-order valence-electron chi connectivity index (χ3n) is 4.29. The maximum Gasteiger partial charge on any atom is 0.234 e. The number of anilines is 1. The second-order valence-corrected chi connectivity index (χ2v) is 7.37. The molecule has 0 radical (unpaired) electrons. The summed E-state index contributed by atoms with van der Waals surface area (Å²) in [5, 5.41) is 11.9. The topological polar surface area (TPSA) is 87.5 Å². The van der Waals surface area contributed by atoms with Gasteiger partial charge in [0.1, 0.15) is 23.1 Å². The minimum absolute atomic E-state index is 0.165. The highest BCUT2D eigenvalue weighted by atomic mass is 32.2. The largest absolute Gasteiger partial charge is 0.497 e. The number of thioether (sulfide) groups is 1. The first-order chi connectivity index (χ1) is 15.0. The smallest absolute Gasteiger partial charge is 0.234 e. The monoisotopic (exact) mass is 442 g/mol. The fourth-order valence-electron chi connectivity index (χ4n) is 2.93. The van der Waals surface area contributed by atoms with Crippen LogP contribution < -0.4 is 19.5 Å². The number of rotatable bonds is 10. The highest BCUT2D eigenvalue weighted by Gasteiger charge is 2.15. The Morgan fingerprint density at radius 1 is 1.03 bits per heavy atom. The quantitative estimate of drug-likeness (QED) is 0.473. The van der Waals surface area contributed by atoms with Crippen molar-refractivity contribution in [1.82, 2.24) is 14.8 Å². The van der Waals surface area contributed by atoms with Gasteiger partial charge in [0.05, 0.1) is 31.8 Å². The van der Waals surface area contributed by atoms with Gasteiger partial charge in [-0.05, 0) is 57.2 Å². The van der Waals surface area contributed by atoms with Gasteiger partial charge in [0.25, 0.3) is 0 Å². The third-order valence-corrected chi connectivity index (χ3v) is 5.22. The molecule has 3 aromatic rings. The molecule has 0 fully saturated rings. The molecule has 0 saturated heterocycles. The number of methoxy groups -OCH3 is 1. The molecule has 0 spiro atoms. The molecule has 3 rings (SSSR count). The van der Waals surface area contributed by atoms with Crippen molar-refractivity contribution < 1.29 is 19.0 Å². The summed E-state index contributed by atoms with van der Waals surface area (Å²) in [4.78, 5) is 12.6. The summed E-state index contributed by atoms with van der Waals surface area (Å²) in [6.45, 7) is 6.71. The predicted molar refractivity (Wildman–Crippen MR) is 121 cm³/mol. The van der Waals surface area contributed by atoms with E-state index >= 15 is 0 Å². The zero-order valence-corrected chi connectivity index (χ0v) is 18.9. The van der Waals surface area contributed by atoms with E-state index in [9.17, 15) is 4.79 Å². The van der Waals surface area contributed by atoms with Crippen molar-refractivity contribution in [3.63, 3.8) is 0 Å². The van der Waals surface area contributed by atoms with E-state index in [2.05, 4.69) is 15.5 Å². The molecule has 164 valence electrons. The van der Waals surface area contributed by atoms with E-state index in [1.54, 1.807) is 19.2 Å². The summed E-state index contributed by atoms with van der Waals surface area (Å²) >= 11 is 1.31. The van der Waals surface area contributed by atoms with Crippen LogP contribution in [-0.4, -0.2) is 46.7 Å². The second kappa shape index (κ2) is 10.7. The van der Waals surface area contributed by atoms with Crippen molar-refractivity contribution in [3.05, 3.63) is 48.3 Å². The average molecular weight is 443 g/mol. The van der Waals surface area contributed by atoms with E-state index in [-0.39, 0.29) is 11.7 Å². The van der Waals surface area contributed by atoms with Crippen molar-refractivity contribution in [1.29, 1.82) is 0 Å². The van der Waals surface area contributed by atoms with Crippen LogP contribution in [0.3, 0.4) is 0 Å². The Morgan fingerprint density at radius 3 is 2.42 bits per heavy atom. The van der Waals surface area contributed by atoms with Crippen LogP contribution >= 0.6 is 11.8 Å². The minimum Gasteiger partial charge on any atom is -0.497 e. The Labute approximate surface area is 185 Å². The molecule has 1 N–H and O–H groups in total. The highest BCUT2D eigenvalue weighted by molar-refractivity contribution is 7.99. The molecule has 0 aliphatic rings. The summed E-state index contributed by atoms with van der Waals surface area (Å²) in [7, 11) is 1.62. The second-order valence-electron chi connectivity index (χ2n) is 6.42. The molecule has 2 aromatic carbocycles. The van der Waals surface area contributed by atoms with Crippen molar-refractivity contribution in [3.8, 4) is 22.9 Å². The number of nitrogens with zero attached hydrogens (tertiary/aromatic N) is 3. The van der Waals surface area contributed by atoms with Gasteiger partial charge in [0.15, 0.2) is 5.16 Å². The zero-order chi connectivity index (χ0) is 22.2. The van der Waals surface area contributed by atoms with Gasteiger partial charge in [-0.25, -0.2) is 0 Å². The van der Waals surface area contributed by atoms with E-state index in [1.165, 1.54) is 11.8 Å². The molecule has 1 heterocycles. The van der Waals surface area contributed by atoms with Gasteiger partial charge >= 0.3 is 0 Å². The lowest BCUT2D eigenvalue weighted by Gasteiger charge is -2.13. The summed E-state index contributed by atoms with van der Waals surface area (Å²) in [6.07, 6.45) is 0. The number of nitrogens with one attached hydrogen (secondary N) is 1. The number of ether oxygens (including phenoxy) is 3. The van der Waals surface area contributed by atoms with E-state index in [0.717, 1.165) is 17.3 Å². The van der Waals surface area contributed by atoms with Gasteiger partial charge in [0, 0.05) is 11.8 Å². The Morgan fingerprint density at radius 2 is 1.74 bits per heavy atom. The SMILES string of the molecule is CCOc1ccc(OCC)c(NC(=O)CSc2nnc(C)n2-c2ccc(OC)cc2)c1. The molecular formula is C22H26N4O4S. The van der Waals surface area contributed by atoms with Crippen LogP contribution in [-0.2, 0) is 4.79 Å². The van der Waals surface area contributed by atoms with Gasteiger partial charge < -0.3 is 19.5 Å². The van der Waals surface area contributed by atoms with E-state index in [0.29, 0.717) is 35.6 Å². The van der Waals surface area contributed by atoms with Crippen molar-refractivity contribution >= 4 is 23.4 Å². The summed E-state index contributed by atoms with van der Waals surface area (Å²) in [5.41, 5.74) is 1.47. The molecule has 0 bridgehead atoms. The molecule has 0 atom stereocenters. The van der Waals surface area contributed by atoms with Gasteiger partial charge in [-0.2, -0.15) is 0 Å². The lowest BCUT2D eigenvalue weighted by Crippen LogP contribution is -2.15. The van der Waals surface area contributed by atoms with E-state index < -0.39 is 0 Å². The first-order valence-corrected chi connectivity index (χ1v) is 10.9. The molecule has 31 heavy (non-hydrogen) atoms. The van der Waals surface area contributed by atoms with Crippen LogP contribution in [0, 0.1) is 6.92 Å². The molecule has 1 aromatic heterocycles. The minimum atomic E-state index is -0.179. The number of carbonyl (C=O) groups excluding carboxylic acids is 1. The number of aromatic nitrogens is 3. The molecule has 8 nitrogen and oxygen atoms in total. The lowest BCUT2D eigenvalue weighted by atomic mass is 10.2. The van der Waals surface area contributed by atoms with Gasteiger partial charge in [0.2, 0.25) is 5.91 Å². The molecular weight excluding hydrogens is 416 g/mol. The van der Waals surface area contributed by atoms with Crippen molar-refractivity contribution in [2.24, 2.45) is 0 Å². The fraction of sp³-hybridized carbons (Fsp3) is 0.318. The summed E-state index contributed by atoms with van der Waals surface area (Å²) in [6, 6.07) is 13.0. The molecule has 1 amide bonds. The van der Waals surface area contributed by atoms with Crippen LogP contribution in [0.2, 0.25) is 0 Å². The Hall–Kier alpha value is -3.20. The average Bonchev–Trinajstić information content (AvgIpc) is 3.15. The van der Waals surface area contributed by atoms with Crippen LogP contribution in [0.1, 0.15) is 19.7 Å². The lowest BCUT2D eigenvalue weighted by molar-refractivity contribution is -0.113. The van der Waals surface area contributed by atoms with E-state index in [4.69, 9.17) is 14.2 Å². The zero-order valence-electron chi connectivity index (χ0n) is 18.0. The number of amides is 1. The van der Waals surface area contributed by atoms with Crippen molar-refractivity contribution in [2.45, 2.75) is 25.9 Å². The van der Waals surface area contributed by atoms with Crippen LogP contribution in [0.4, 0.5) is 5.69 Å². The number of benzene rings is 2. The molecule has 9 heteroatoms. The molecule has 0 unspecified atom stereocenters. The van der Waals surface area contributed by atoms with Gasteiger partial charge in [-0.3, -0.25) is 9.36 Å². The number of hydrogen-bond donors (Lipinski definition) is 1. The highest BCUT2D eigenvalue weighted by Crippen LogP contribution is 2.30. The first kappa shape index (κ1) is 22.5. The number of hydrogen-bond acceptors (Lipinski definition) is 7. The van der Waals surface area contributed by atoms with Crippen LogP contribution in [0.25, 0.3) is 5.69 Å². The Kier molecular flexibility index (Phi) is 7.77. The third kappa shape index (κ3) is 5.69. The Bertz CT molecular complexity index is 1020.